The lowest BCUT2D eigenvalue weighted by Crippen LogP contribution is -2.35. The Morgan fingerprint density at radius 1 is 0.600 bits per heavy atom. The van der Waals surface area contributed by atoms with E-state index in [1.807, 2.05) is 0 Å². The van der Waals surface area contributed by atoms with Gasteiger partial charge in [0.1, 0.15) is 0 Å². The van der Waals surface area contributed by atoms with Crippen molar-refractivity contribution in [1.29, 1.82) is 0 Å². The molecular formula is C27H36O3. The zero-order chi connectivity index (χ0) is 21.2. The van der Waals surface area contributed by atoms with Crippen LogP contribution in [0.5, 0.6) is 0 Å². The van der Waals surface area contributed by atoms with E-state index in [2.05, 4.69) is 54.6 Å². The summed E-state index contributed by atoms with van der Waals surface area (Å²) >= 11 is 0. The Hall–Kier alpha value is -1.94. The molecule has 0 aliphatic carbocycles. The molecular weight excluding hydrogens is 372 g/mol. The first-order valence-corrected chi connectivity index (χ1v) is 11.3. The van der Waals surface area contributed by atoms with Gasteiger partial charge < -0.3 is 14.2 Å². The monoisotopic (exact) mass is 408 g/mol. The number of methoxy groups -OCH3 is 3. The zero-order valence-corrected chi connectivity index (χ0v) is 18.8. The highest BCUT2D eigenvalue weighted by Gasteiger charge is 2.28. The molecule has 0 spiro atoms. The van der Waals surface area contributed by atoms with Gasteiger partial charge in [-0.25, -0.2) is 0 Å². The lowest BCUT2D eigenvalue weighted by Gasteiger charge is -2.28. The molecule has 0 saturated carbocycles. The summed E-state index contributed by atoms with van der Waals surface area (Å²) in [5.74, 6) is -0.870. The van der Waals surface area contributed by atoms with Crippen molar-refractivity contribution in [2.24, 2.45) is 0 Å². The number of fused-ring (bicyclic) bond motifs is 3. The molecule has 0 unspecified atom stereocenters. The van der Waals surface area contributed by atoms with E-state index in [1.54, 1.807) is 21.3 Å². The Labute approximate surface area is 181 Å². The molecule has 0 fully saturated rings. The fourth-order valence-corrected chi connectivity index (χ4v) is 4.32. The van der Waals surface area contributed by atoms with E-state index >= 15 is 0 Å². The van der Waals surface area contributed by atoms with Crippen LogP contribution in [0.3, 0.4) is 0 Å². The smallest absolute Gasteiger partial charge is 0.282 e. The van der Waals surface area contributed by atoms with Crippen molar-refractivity contribution >= 4 is 21.5 Å². The van der Waals surface area contributed by atoms with Crippen LogP contribution >= 0.6 is 0 Å². The zero-order valence-electron chi connectivity index (χ0n) is 18.8. The van der Waals surface area contributed by atoms with Gasteiger partial charge in [0.05, 0.1) is 0 Å². The van der Waals surface area contributed by atoms with Gasteiger partial charge in [-0.1, -0.05) is 86.7 Å². The Balaban J connectivity index is 1.37. The minimum Gasteiger partial charge on any atom is -0.331 e. The summed E-state index contributed by atoms with van der Waals surface area (Å²) in [5.41, 5.74) is 1.45. The van der Waals surface area contributed by atoms with Gasteiger partial charge in [-0.15, -0.1) is 0 Å². The molecule has 0 bridgehead atoms. The van der Waals surface area contributed by atoms with Crippen LogP contribution in [-0.4, -0.2) is 27.3 Å². The molecule has 3 rings (SSSR count). The fourth-order valence-electron chi connectivity index (χ4n) is 4.32. The standard InChI is InChI=1S/C27H36O3/c1-28-27(29-2,30-3)20-12-8-6-4-5-7-9-13-22-16-17-24-19-18-23-14-10-11-15-25(23)26(24)21-22/h10-11,14-19,21H,4-9,12-13,20H2,1-3H3. The third kappa shape index (κ3) is 5.81. The van der Waals surface area contributed by atoms with Gasteiger partial charge in [-0.05, 0) is 46.4 Å². The molecule has 0 N–H and O–H groups in total. The topological polar surface area (TPSA) is 27.7 Å². The maximum Gasteiger partial charge on any atom is 0.282 e. The summed E-state index contributed by atoms with van der Waals surface area (Å²) < 4.78 is 16.0. The van der Waals surface area contributed by atoms with Gasteiger partial charge in [0.15, 0.2) is 0 Å². The molecule has 0 aliphatic heterocycles. The lowest BCUT2D eigenvalue weighted by molar-refractivity contribution is -0.355. The second-order valence-electron chi connectivity index (χ2n) is 8.11. The third-order valence-electron chi connectivity index (χ3n) is 6.19. The Kier molecular flexibility index (Phi) is 8.68. The van der Waals surface area contributed by atoms with Gasteiger partial charge >= 0.3 is 0 Å². The molecule has 0 aliphatic rings. The number of aryl methyl sites for hydroxylation is 1. The fraction of sp³-hybridized carbons (Fsp3) is 0.481. The second-order valence-corrected chi connectivity index (χ2v) is 8.11. The number of benzene rings is 3. The summed E-state index contributed by atoms with van der Waals surface area (Å²) in [7, 11) is 4.89. The van der Waals surface area contributed by atoms with Crippen molar-refractivity contribution in [2.45, 2.75) is 63.8 Å². The van der Waals surface area contributed by atoms with Gasteiger partial charge in [-0.2, -0.15) is 0 Å². The predicted molar refractivity (Wildman–Crippen MR) is 126 cm³/mol. The van der Waals surface area contributed by atoms with Crippen molar-refractivity contribution < 1.29 is 14.2 Å². The first-order valence-electron chi connectivity index (χ1n) is 11.3. The average Bonchev–Trinajstić information content (AvgIpc) is 2.80. The van der Waals surface area contributed by atoms with Crippen LogP contribution in [0.15, 0.2) is 54.6 Å². The number of ether oxygens (including phenoxy) is 3. The van der Waals surface area contributed by atoms with Crippen molar-refractivity contribution in [2.75, 3.05) is 21.3 Å². The maximum absolute atomic E-state index is 5.34. The Morgan fingerprint density at radius 3 is 1.87 bits per heavy atom. The molecule has 162 valence electrons. The molecule has 0 heterocycles. The van der Waals surface area contributed by atoms with Crippen molar-refractivity contribution in [1.82, 2.24) is 0 Å². The van der Waals surface area contributed by atoms with Gasteiger partial charge in [-0.3, -0.25) is 0 Å². The minimum absolute atomic E-state index is 0.771. The van der Waals surface area contributed by atoms with E-state index in [0.29, 0.717) is 0 Å². The summed E-state index contributed by atoms with van der Waals surface area (Å²) in [4.78, 5) is 0. The molecule has 3 heteroatoms. The van der Waals surface area contributed by atoms with Crippen LogP contribution in [0, 0.1) is 0 Å². The molecule has 3 nitrogen and oxygen atoms in total. The van der Waals surface area contributed by atoms with Gasteiger partial charge in [0.2, 0.25) is 0 Å². The molecule has 0 saturated heterocycles. The van der Waals surface area contributed by atoms with E-state index in [9.17, 15) is 0 Å². The van der Waals surface area contributed by atoms with E-state index in [0.717, 1.165) is 19.3 Å². The Bertz CT molecular complexity index is 906. The highest BCUT2D eigenvalue weighted by molar-refractivity contribution is 6.07. The van der Waals surface area contributed by atoms with Crippen LogP contribution in [-0.2, 0) is 20.6 Å². The SMILES string of the molecule is COC(CCCCCCCCCc1ccc2ccc3ccccc3c2c1)(OC)OC. The number of hydrogen-bond acceptors (Lipinski definition) is 3. The van der Waals surface area contributed by atoms with E-state index in [1.165, 1.54) is 65.6 Å². The van der Waals surface area contributed by atoms with Crippen molar-refractivity contribution in [3.05, 3.63) is 60.2 Å². The minimum atomic E-state index is -0.870. The Morgan fingerprint density at radius 2 is 1.17 bits per heavy atom. The lowest BCUT2D eigenvalue weighted by atomic mass is 9.97. The van der Waals surface area contributed by atoms with E-state index < -0.39 is 5.97 Å². The summed E-state index contributed by atoms with van der Waals surface area (Å²) in [5, 5.41) is 5.39. The molecule has 30 heavy (non-hydrogen) atoms. The summed E-state index contributed by atoms with van der Waals surface area (Å²) in [6.07, 6.45) is 10.6. The largest absolute Gasteiger partial charge is 0.331 e. The molecule has 0 aromatic heterocycles. The normalized spacial score (nSPS) is 12.1. The predicted octanol–water partition coefficient (Wildman–Crippen LogP) is 7.25. The van der Waals surface area contributed by atoms with Crippen LogP contribution in [0.1, 0.15) is 56.9 Å². The van der Waals surface area contributed by atoms with Crippen molar-refractivity contribution in [3.8, 4) is 0 Å². The quantitative estimate of drug-likeness (QED) is 0.169. The van der Waals surface area contributed by atoms with Crippen molar-refractivity contribution in [3.63, 3.8) is 0 Å². The average molecular weight is 409 g/mol. The van der Waals surface area contributed by atoms with Crippen LogP contribution in [0.25, 0.3) is 21.5 Å². The van der Waals surface area contributed by atoms with E-state index in [-0.39, 0.29) is 0 Å². The van der Waals surface area contributed by atoms with Gasteiger partial charge in [0.25, 0.3) is 5.97 Å². The second kappa shape index (κ2) is 11.5. The molecule has 0 amide bonds. The molecule has 3 aromatic rings. The number of rotatable bonds is 13. The van der Waals surface area contributed by atoms with E-state index in [4.69, 9.17) is 14.2 Å². The highest BCUT2D eigenvalue weighted by Crippen LogP contribution is 2.27. The molecule has 0 radical (unpaired) electrons. The van der Waals surface area contributed by atoms with Gasteiger partial charge in [0, 0.05) is 27.8 Å². The van der Waals surface area contributed by atoms with Crippen LogP contribution < -0.4 is 0 Å². The number of unbranched alkanes of at least 4 members (excludes halogenated alkanes) is 6. The first kappa shape index (κ1) is 22.7. The number of hydrogen-bond donors (Lipinski definition) is 0. The van der Waals surface area contributed by atoms with Crippen LogP contribution in [0.4, 0.5) is 0 Å². The highest BCUT2D eigenvalue weighted by atomic mass is 16.9. The van der Waals surface area contributed by atoms with Crippen LogP contribution in [0.2, 0.25) is 0 Å². The summed E-state index contributed by atoms with van der Waals surface area (Å²) in [6.45, 7) is 0. The molecule has 0 atom stereocenters. The third-order valence-corrected chi connectivity index (χ3v) is 6.19. The maximum atomic E-state index is 5.34. The first-order chi connectivity index (χ1) is 14.7. The molecule has 3 aromatic carbocycles. The summed E-state index contributed by atoms with van der Waals surface area (Å²) in [6, 6.07) is 20.1.